The van der Waals surface area contributed by atoms with Crippen molar-refractivity contribution in [2.75, 3.05) is 0 Å². The van der Waals surface area contributed by atoms with Crippen molar-refractivity contribution < 1.29 is 9.59 Å². The highest BCUT2D eigenvalue weighted by Crippen LogP contribution is 2.77. The molecule has 0 aromatic rings. The zero-order valence-corrected chi connectivity index (χ0v) is 19.1. The van der Waals surface area contributed by atoms with Gasteiger partial charge in [-0.15, -0.1) is 46.4 Å². The van der Waals surface area contributed by atoms with Crippen LogP contribution in [-0.2, 0) is 9.59 Å². The Morgan fingerprint density at radius 3 is 0.893 bits per heavy atom. The van der Waals surface area contributed by atoms with Gasteiger partial charge in [0.25, 0.3) is 0 Å². The van der Waals surface area contributed by atoms with E-state index in [0.717, 1.165) is 77.0 Å². The van der Waals surface area contributed by atoms with Crippen molar-refractivity contribution in [3.05, 3.63) is 0 Å². The number of carbonyl (C=O) groups is 2. The molecular formula is C22H28Cl4O2. The molecule has 0 radical (unpaired) electrons. The molecule has 0 heterocycles. The lowest BCUT2D eigenvalue weighted by molar-refractivity contribution is -0.173. The Labute approximate surface area is 187 Å². The molecule has 0 unspecified atom stereocenters. The Balaban J connectivity index is 1.61. The molecule has 0 aromatic carbocycles. The van der Waals surface area contributed by atoms with Crippen LogP contribution in [0.1, 0.15) is 77.0 Å². The number of fused-ring (bicyclic) bond motifs is 8. The van der Waals surface area contributed by atoms with E-state index in [1.54, 1.807) is 0 Å². The van der Waals surface area contributed by atoms with Gasteiger partial charge in [-0.1, -0.05) is 51.4 Å². The van der Waals surface area contributed by atoms with Crippen LogP contribution in [0.15, 0.2) is 0 Å². The fourth-order valence-corrected chi connectivity index (χ4v) is 10.3. The molecule has 156 valence electrons. The van der Waals surface area contributed by atoms with E-state index in [1.807, 2.05) is 0 Å². The normalized spacial score (nSPS) is 56.3. The predicted molar refractivity (Wildman–Crippen MR) is 114 cm³/mol. The number of carbonyl (C=O) groups excluding carboxylic acids is 2. The van der Waals surface area contributed by atoms with Crippen LogP contribution >= 0.6 is 46.4 Å². The average Bonchev–Trinajstić information content (AvgIpc) is 2.64. The Morgan fingerprint density at radius 2 is 0.679 bits per heavy atom. The van der Waals surface area contributed by atoms with Crippen LogP contribution in [0.2, 0.25) is 0 Å². The van der Waals surface area contributed by atoms with Crippen molar-refractivity contribution in [2.24, 2.45) is 23.7 Å². The molecule has 5 fully saturated rings. The molecule has 0 saturated heterocycles. The smallest absolute Gasteiger partial charge is 0.179 e. The van der Waals surface area contributed by atoms with Crippen molar-refractivity contribution in [3.8, 4) is 0 Å². The third-order valence-corrected chi connectivity index (χ3v) is 12.1. The molecule has 5 aliphatic rings. The number of alkyl halides is 4. The molecule has 5 aliphatic carbocycles. The van der Waals surface area contributed by atoms with E-state index in [9.17, 15) is 9.59 Å². The highest BCUT2D eigenvalue weighted by atomic mass is 35.5. The van der Waals surface area contributed by atoms with Gasteiger partial charge in [-0.25, -0.2) is 0 Å². The number of halogens is 4. The van der Waals surface area contributed by atoms with Crippen molar-refractivity contribution >= 4 is 58.0 Å². The standard InChI is InChI=1S/C22H28Cl4O2/c23-19-13-9-5-1-2-6-10-14(13)20(19,24)18(28)22(26)16-12-8-4-3-7-11-15(16)21(22,25)17(19)27/h13-16H,1-12H2/t13-,14-,15+,16+,19-,20+,21-,22+. The topological polar surface area (TPSA) is 34.1 Å². The van der Waals surface area contributed by atoms with Gasteiger partial charge in [-0.05, 0) is 49.4 Å². The maximum absolute atomic E-state index is 14.0. The summed E-state index contributed by atoms with van der Waals surface area (Å²) in [5, 5.41) is 0. The second-order valence-electron chi connectivity index (χ2n) is 9.91. The predicted octanol–water partition coefficient (Wildman–Crippen LogP) is 6.25. The van der Waals surface area contributed by atoms with E-state index in [0.29, 0.717) is 0 Å². The maximum Gasteiger partial charge on any atom is 0.179 e. The molecule has 0 amide bonds. The first-order chi connectivity index (χ1) is 13.3. The zero-order valence-electron chi connectivity index (χ0n) is 16.1. The zero-order chi connectivity index (χ0) is 19.9. The minimum Gasteiger partial charge on any atom is -0.296 e. The second kappa shape index (κ2) is 6.50. The lowest BCUT2D eigenvalue weighted by atomic mass is 9.36. The monoisotopic (exact) mass is 464 g/mol. The van der Waals surface area contributed by atoms with Gasteiger partial charge in [0.2, 0.25) is 0 Å². The summed E-state index contributed by atoms with van der Waals surface area (Å²) in [4.78, 5) is 22.4. The minimum absolute atomic E-state index is 0.0622. The Bertz CT molecular complexity index is 611. The van der Waals surface area contributed by atoms with Crippen LogP contribution in [-0.4, -0.2) is 31.1 Å². The van der Waals surface area contributed by atoms with Crippen molar-refractivity contribution in [1.82, 2.24) is 0 Å². The summed E-state index contributed by atoms with van der Waals surface area (Å²) in [7, 11) is 0. The molecule has 0 bridgehead atoms. The first kappa shape index (κ1) is 20.4. The van der Waals surface area contributed by atoms with E-state index in [1.165, 1.54) is 0 Å². The van der Waals surface area contributed by atoms with Gasteiger partial charge in [0, 0.05) is 0 Å². The van der Waals surface area contributed by atoms with Crippen LogP contribution in [0.25, 0.3) is 0 Å². The van der Waals surface area contributed by atoms with Crippen LogP contribution < -0.4 is 0 Å². The fourth-order valence-electron chi connectivity index (χ4n) is 7.62. The van der Waals surface area contributed by atoms with Crippen molar-refractivity contribution in [3.63, 3.8) is 0 Å². The van der Waals surface area contributed by atoms with Crippen LogP contribution in [0, 0.1) is 23.7 Å². The molecule has 2 nitrogen and oxygen atoms in total. The third kappa shape index (κ3) is 2.01. The summed E-state index contributed by atoms with van der Waals surface area (Å²) < 4.78 is 0. The number of Topliss-reactive ketones (excluding diaryl/α,β-unsaturated/α-hetero) is 2. The summed E-state index contributed by atoms with van der Waals surface area (Å²) in [5.74, 6) is -0.727. The molecule has 5 saturated carbocycles. The van der Waals surface area contributed by atoms with Crippen LogP contribution in [0.5, 0.6) is 0 Å². The Hall–Kier alpha value is 0.500. The van der Waals surface area contributed by atoms with Gasteiger partial charge >= 0.3 is 0 Å². The first-order valence-electron chi connectivity index (χ1n) is 11.1. The van der Waals surface area contributed by atoms with E-state index >= 15 is 0 Å². The maximum atomic E-state index is 14.0. The summed E-state index contributed by atoms with van der Waals surface area (Å²) in [6.07, 6.45) is 12.1. The molecule has 28 heavy (non-hydrogen) atoms. The third-order valence-electron chi connectivity index (χ3n) is 8.96. The SMILES string of the molecule is O=C1[C@@]2(Cl)[C@@H]3CCCCCC[C@H]3[C@@]2(Cl)C(=O)[C@]2(Cl)[C@H]3CCCCCC[C@@H]3[C@]12Cl. The lowest BCUT2D eigenvalue weighted by Gasteiger charge is -2.75. The van der Waals surface area contributed by atoms with E-state index in [2.05, 4.69) is 0 Å². The minimum atomic E-state index is -1.39. The van der Waals surface area contributed by atoms with Gasteiger partial charge in [0.05, 0.1) is 0 Å². The molecule has 0 aliphatic heterocycles. The Kier molecular flexibility index (Phi) is 4.74. The quantitative estimate of drug-likeness (QED) is 0.396. The molecule has 8 atom stereocenters. The summed E-state index contributed by atoms with van der Waals surface area (Å²) in [6, 6.07) is 0. The fraction of sp³-hybridized carbons (Fsp3) is 0.909. The van der Waals surface area contributed by atoms with Crippen LogP contribution in [0.4, 0.5) is 0 Å². The average molecular weight is 466 g/mol. The Morgan fingerprint density at radius 1 is 0.464 bits per heavy atom. The second-order valence-corrected chi connectivity index (χ2v) is 12.3. The number of rotatable bonds is 0. The lowest BCUT2D eigenvalue weighted by Crippen LogP contribution is -2.93. The number of hydrogen-bond acceptors (Lipinski definition) is 2. The van der Waals surface area contributed by atoms with E-state index in [-0.39, 0.29) is 35.2 Å². The van der Waals surface area contributed by atoms with Gasteiger partial charge in [0.15, 0.2) is 11.6 Å². The highest BCUT2D eigenvalue weighted by molar-refractivity contribution is 6.65. The van der Waals surface area contributed by atoms with E-state index in [4.69, 9.17) is 46.4 Å². The summed E-state index contributed by atoms with van der Waals surface area (Å²) in [6.45, 7) is 0. The highest BCUT2D eigenvalue weighted by Gasteiger charge is 2.92. The van der Waals surface area contributed by atoms with E-state index < -0.39 is 19.5 Å². The largest absolute Gasteiger partial charge is 0.296 e. The first-order valence-corrected chi connectivity index (χ1v) is 12.6. The molecule has 0 N–H and O–H groups in total. The number of hydrogen-bond donors (Lipinski definition) is 0. The molecule has 6 heteroatoms. The van der Waals surface area contributed by atoms with Gasteiger partial charge < -0.3 is 0 Å². The summed E-state index contributed by atoms with van der Waals surface area (Å²) in [5.41, 5.74) is 0. The molecule has 5 rings (SSSR count). The van der Waals surface area contributed by atoms with Gasteiger partial charge in [-0.3, -0.25) is 9.59 Å². The van der Waals surface area contributed by atoms with Crippen molar-refractivity contribution in [2.45, 2.75) is 96.5 Å². The summed E-state index contributed by atoms with van der Waals surface area (Å²) >= 11 is 28.4. The number of ketones is 2. The van der Waals surface area contributed by atoms with Crippen molar-refractivity contribution in [1.29, 1.82) is 0 Å². The molecular weight excluding hydrogens is 438 g/mol. The molecule has 0 aromatic heterocycles. The van der Waals surface area contributed by atoms with Crippen LogP contribution in [0.3, 0.4) is 0 Å². The van der Waals surface area contributed by atoms with Gasteiger partial charge in [-0.2, -0.15) is 0 Å². The van der Waals surface area contributed by atoms with Gasteiger partial charge in [0.1, 0.15) is 19.5 Å². The molecule has 0 spiro atoms.